The molecule has 12 heavy (non-hydrogen) atoms. The Morgan fingerprint density at radius 3 is 2.75 bits per heavy atom. The van der Waals surface area contributed by atoms with Crippen molar-refractivity contribution >= 4 is 11.8 Å². The molecular weight excluding hydrogens is 156 g/mol. The Hall–Kier alpha value is -1.06. The molecule has 1 rings (SSSR count). The zero-order valence-electron chi connectivity index (χ0n) is 7.39. The average molecular weight is 170 g/mol. The van der Waals surface area contributed by atoms with Crippen LogP contribution >= 0.6 is 0 Å². The SMILES string of the molecule is CC(C)C(=O)N[C@H]1CNC(=O)C1. The van der Waals surface area contributed by atoms with Gasteiger partial charge in [-0.2, -0.15) is 0 Å². The highest BCUT2D eigenvalue weighted by Gasteiger charge is 2.23. The molecule has 2 N–H and O–H groups in total. The molecule has 68 valence electrons. The Morgan fingerprint density at radius 2 is 2.33 bits per heavy atom. The van der Waals surface area contributed by atoms with Gasteiger partial charge in [-0.3, -0.25) is 9.59 Å². The third kappa shape index (κ3) is 2.22. The van der Waals surface area contributed by atoms with E-state index in [9.17, 15) is 9.59 Å². The molecule has 4 nitrogen and oxygen atoms in total. The molecule has 0 aromatic heterocycles. The van der Waals surface area contributed by atoms with Crippen LogP contribution in [-0.2, 0) is 9.59 Å². The van der Waals surface area contributed by atoms with Gasteiger partial charge in [0.05, 0.1) is 6.04 Å². The van der Waals surface area contributed by atoms with Gasteiger partial charge in [-0.15, -0.1) is 0 Å². The predicted molar refractivity (Wildman–Crippen MR) is 44.4 cm³/mol. The first kappa shape index (κ1) is 9.03. The summed E-state index contributed by atoms with van der Waals surface area (Å²) >= 11 is 0. The van der Waals surface area contributed by atoms with Crippen LogP contribution in [-0.4, -0.2) is 24.4 Å². The van der Waals surface area contributed by atoms with Gasteiger partial charge in [-0.1, -0.05) is 13.8 Å². The fourth-order valence-electron chi connectivity index (χ4n) is 1.08. The summed E-state index contributed by atoms with van der Waals surface area (Å²) in [7, 11) is 0. The van der Waals surface area contributed by atoms with Gasteiger partial charge in [0.15, 0.2) is 0 Å². The average Bonchev–Trinajstić information content (AvgIpc) is 2.35. The minimum atomic E-state index is -0.0132. The van der Waals surface area contributed by atoms with Crippen LogP contribution in [0.3, 0.4) is 0 Å². The van der Waals surface area contributed by atoms with Crippen molar-refractivity contribution in [2.75, 3.05) is 6.54 Å². The Morgan fingerprint density at radius 1 is 1.67 bits per heavy atom. The molecule has 1 heterocycles. The van der Waals surface area contributed by atoms with Crippen LogP contribution in [0.25, 0.3) is 0 Å². The monoisotopic (exact) mass is 170 g/mol. The standard InChI is InChI=1S/C8H14N2O2/c1-5(2)8(12)10-6-3-7(11)9-4-6/h5-6H,3-4H2,1-2H3,(H,9,11)(H,10,12)/t6-/m1/s1. The smallest absolute Gasteiger partial charge is 0.222 e. The van der Waals surface area contributed by atoms with Crippen molar-refractivity contribution in [3.63, 3.8) is 0 Å². The van der Waals surface area contributed by atoms with Crippen LogP contribution in [0.1, 0.15) is 20.3 Å². The molecule has 0 saturated carbocycles. The highest BCUT2D eigenvalue weighted by molar-refractivity contribution is 5.82. The van der Waals surface area contributed by atoms with Gasteiger partial charge >= 0.3 is 0 Å². The second kappa shape index (κ2) is 3.56. The van der Waals surface area contributed by atoms with Crippen molar-refractivity contribution in [3.05, 3.63) is 0 Å². The summed E-state index contributed by atoms with van der Waals surface area (Å²) in [6, 6.07) is -0.00704. The van der Waals surface area contributed by atoms with E-state index in [0.717, 1.165) is 0 Å². The van der Waals surface area contributed by atoms with E-state index in [2.05, 4.69) is 10.6 Å². The molecule has 0 aromatic carbocycles. The van der Waals surface area contributed by atoms with Crippen LogP contribution in [0.15, 0.2) is 0 Å². The zero-order chi connectivity index (χ0) is 9.14. The molecule has 4 heteroatoms. The summed E-state index contributed by atoms with van der Waals surface area (Å²) in [5, 5.41) is 5.45. The van der Waals surface area contributed by atoms with Crippen molar-refractivity contribution in [3.8, 4) is 0 Å². The molecule has 1 saturated heterocycles. The first-order valence-electron chi connectivity index (χ1n) is 4.16. The van der Waals surface area contributed by atoms with Gasteiger partial charge in [0.1, 0.15) is 0 Å². The first-order chi connectivity index (χ1) is 5.59. The predicted octanol–water partition coefficient (Wildman–Crippen LogP) is -0.353. The fourth-order valence-corrected chi connectivity index (χ4v) is 1.08. The van der Waals surface area contributed by atoms with Gasteiger partial charge in [0.2, 0.25) is 11.8 Å². The van der Waals surface area contributed by atoms with Crippen LogP contribution in [0.2, 0.25) is 0 Å². The first-order valence-corrected chi connectivity index (χ1v) is 4.16. The lowest BCUT2D eigenvalue weighted by molar-refractivity contribution is -0.124. The largest absolute Gasteiger partial charge is 0.354 e. The van der Waals surface area contributed by atoms with Crippen LogP contribution in [0, 0.1) is 5.92 Å². The Balaban J connectivity index is 2.32. The van der Waals surface area contributed by atoms with Crippen LogP contribution < -0.4 is 10.6 Å². The molecule has 0 bridgehead atoms. The molecule has 0 spiro atoms. The van der Waals surface area contributed by atoms with Crippen molar-refractivity contribution in [1.29, 1.82) is 0 Å². The summed E-state index contributed by atoms with van der Waals surface area (Å²) in [5.74, 6) is 0.0151. The molecule has 0 unspecified atom stereocenters. The van der Waals surface area contributed by atoms with E-state index < -0.39 is 0 Å². The maximum absolute atomic E-state index is 11.2. The van der Waals surface area contributed by atoms with E-state index >= 15 is 0 Å². The quantitative estimate of drug-likeness (QED) is 0.595. The zero-order valence-corrected chi connectivity index (χ0v) is 7.39. The van der Waals surface area contributed by atoms with E-state index in [1.54, 1.807) is 0 Å². The minimum Gasteiger partial charge on any atom is -0.354 e. The van der Waals surface area contributed by atoms with Gasteiger partial charge in [-0.05, 0) is 0 Å². The summed E-state index contributed by atoms with van der Waals surface area (Å²) in [6.07, 6.45) is 0.415. The molecular formula is C8H14N2O2. The molecule has 1 aliphatic heterocycles. The number of rotatable bonds is 2. The number of carbonyl (C=O) groups excluding carboxylic acids is 2. The highest BCUT2D eigenvalue weighted by Crippen LogP contribution is 2.01. The third-order valence-electron chi connectivity index (χ3n) is 1.85. The normalized spacial score (nSPS) is 22.6. The van der Waals surface area contributed by atoms with Gasteiger partial charge in [0.25, 0.3) is 0 Å². The maximum atomic E-state index is 11.2. The Kier molecular flexibility index (Phi) is 2.68. The van der Waals surface area contributed by atoms with E-state index in [-0.39, 0.29) is 23.8 Å². The van der Waals surface area contributed by atoms with Crippen LogP contribution in [0.5, 0.6) is 0 Å². The second-order valence-corrected chi connectivity index (χ2v) is 3.37. The highest BCUT2D eigenvalue weighted by atomic mass is 16.2. The molecule has 0 radical (unpaired) electrons. The lowest BCUT2D eigenvalue weighted by Gasteiger charge is -2.11. The Bertz CT molecular complexity index is 201. The van der Waals surface area contributed by atoms with E-state index in [4.69, 9.17) is 0 Å². The summed E-state index contributed by atoms with van der Waals surface area (Å²) in [5.41, 5.74) is 0. The maximum Gasteiger partial charge on any atom is 0.222 e. The van der Waals surface area contributed by atoms with Crippen molar-refractivity contribution in [2.45, 2.75) is 26.3 Å². The number of hydrogen-bond acceptors (Lipinski definition) is 2. The molecule has 1 aliphatic rings. The molecule has 1 fully saturated rings. The summed E-state index contributed by atoms with van der Waals surface area (Å²) < 4.78 is 0. The summed E-state index contributed by atoms with van der Waals surface area (Å²) in [6.45, 7) is 4.23. The van der Waals surface area contributed by atoms with Gasteiger partial charge < -0.3 is 10.6 Å². The van der Waals surface area contributed by atoms with Crippen LogP contribution in [0.4, 0.5) is 0 Å². The van der Waals surface area contributed by atoms with Gasteiger partial charge in [-0.25, -0.2) is 0 Å². The fraction of sp³-hybridized carbons (Fsp3) is 0.750. The van der Waals surface area contributed by atoms with Crippen molar-refractivity contribution < 1.29 is 9.59 Å². The number of nitrogens with one attached hydrogen (secondary N) is 2. The Labute approximate surface area is 71.7 Å². The lowest BCUT2D eigenvalue weighted by atomic mass is 10.2. The summed E-state index contributed by atoms with van der Waals surface area (Å²) in [4.78, 5) is 21.9. The third-order valence-corrected chi connectivity index (χ3v) is 1.85. The van der Waals surface area contributed by atoms with Gasteiger partial charge in [0, 0.05) is 18.9 Å². The van der Waals surface area contributed by atoms with Crippen molar-refractivity contribution in [1.82, 2.24) is 10.6 Å². The number of hydrogen-bond donors (Lipinski definition) is 2. The molecule has 0 aliphatic carbocycles. The topological polar surface area (TPSA) is 58.2 Å². The molecule has 2 amide bonds. The molecule has 1 atom stereocenters. The van der Waals surface area contributed by atoms with E-state index in [0.29, 0.717) is 13.0 Å². The van der Waals surface area contributed by atoms with E-state index in [1.807, 2.05) is 13.8 Å². The lowest BCUT2D eigenvalue weighted by Crippen LogP contribution is -2.38. The number of amides is 2. The number of carbonyl (C=O) groups is 2. The molecule has 0 aromatic rings. The van der Waals surface area contributed by atoms with E-state index in [1.165, 1.54) is 0 Å². The second-order valence-electron chi connectivity index (χ2n) is 3.37. The minimum absolute atomic E-state index is 0.00704. The van der Waals surface area contributed by atoms with Crippen molar-refractivity contribution in [2.24, 2.45) is 5.92 Å².